The summed E-state index contributed by atoms with van der Waals surface area (Å²) in [5, 5.41) is 0. The molecule has 1 heterocycles. The molecule has 0 aromatic carbocycles. The molecule has 0 aliphatic carbocycles. The lowest BCUT2D eigenvalue weighted by Gasteiger charge is -2.01. The van der Waals surface area contributed by atoms with Crippen LogP contribution >= 0.6 is 0 Å². The van der Waals surface area contributed by atoms with Gasteiger partial charge < -0.3 is 4.84 Å². The molecule has 13 heavy (non-hydrogen) atoms. The lowest BCUT2D eigenvalue weighted by atomic mass is 10.3. The van der Waals surface area contributed by atoms with Gasteiger partial charge in [-0.2, -0.15) is 5.48 Å². The number of hydroxylamine groups is 1. The molecule has 1 rings (SSSR count). The Balaban J connectivity index is 2.54. The van der Waals surface area contributed by atoms with Crippen molar-refractivity contribution in [2.24, 2.45) is 0 Å². The largest absolute Gasteiger partial charge is 0.341 e. The zero-order valence-electron chi connectivity index (χ0n) is 6.98. The molecule has 68 valence electrons. The number of carbonyl (C=O) groups is 2. The minimum absolute atomic E-state index is 0.385. The van der Waals surface area contributed by atoms with Crippen molar-refractivity contribution in [3.8, 4) is 0 Å². The van der Waals surface area contributed by atoms with E-state index in [1.807, 2.05) is 5.48 Å². The van der Waals surface area contributed by atoms with E-state index >= 15 is 0 Å². The summed E-state index contributed by atoms with van der Waals surface area (Å²) in [5.74, 6) is -1.04. The Morgan fingerprint density at radius 2 is 2.00 bits per heavy atom. The number of pyridine rings is 1. The van der Waals surface area contributed by atoms with Gasteiger partial charge in [-0.25, -0.2) is 0 Å². The first kappa shape index (κ1) is 9.18. The zero-order chi connectivity index (χ0) is 9.68. The average molecular weight is 180 g/mol. The SMILES string of the molecule is CC(=O)ONC(=O)c1ccncc1. The van der Waals surface area contributed by atoms with E-state index in [1.54, 1.807) is 0 Å². The van der Waals surface area contributed by atoms with Gasteiger partial charge in [-0.05, 0) is 12.1 Å². The predicted octanol–water partition coefficient (Wildman–Crippen LogP) is 0.290. The van der Waals surface area contributed by atoms with Crippen LogP contribution in [0.25, 0.3) is 0 Å². The molecule has 0 atom stereocenters. The first-order valence-electron chi connectivity index (χ1n) is 3.58. The van der Waals surface area contributed by atoms with Gasteiger partial charge in [0, 0.05) is 24.9 Å². The smallest absolute Gasteiger partial charge is 0.329 e. The summed E-state index contributed by atoms with van der Waals surface area (Å²) in [6.07, 6.45) is 2.95. The molecule has 0 fully saturated rings. The van der Waals surface area contributed by atoms with Crippen LogP contribution in [0.3, 0.4) is 0 Å². The van der Waals surface area contributed by atoms with Gasteiger partial charge in [-0.15, -0.1) is 0 Å². The summed E-state index contributed by atoms with van der Waals surface area (Å²) in [6, 6.07) is 3.03. The lowest BCUT2D eigenvalue weighted by Crippen LogP contribution is -2.25. The number of nitrogens with one attached hydrogen (secondary N) is 1. The van der Waals surface area contributed by atoms with E-state index in [0.29, 0.717) is 5.56 Å². The van der Waals surface area contributed by atoms with Crippen LogP contribution in [0.4, 0.5) is 0 Å². The maximum Gasteiger partial charge on any atom is 0.329 e. The number of amides is 1. The van der Waals surface area contributed by atoms with Gasteiger partial charge in [0.25, 0.3) is 5.91 Å². The minimum Gasteiger partial charge on any atom is -0.341 e. The fourth-order valence-electron chi connectivity index (χ4n) is 0.680. The quantitative estimate of drug-likeness (QED) is 0.630. The van der Waals surface area contributed by atoms with Crippen molar-refractivity contribution in [3.05, 3.63) is 30.1 Å². The molecule has 1 N–H and O–H groups in total. The molecule has 0 bridgehead atoms. The molecule has 0 unspecified atom stereocenters. The third kappa shape index (κ3) is 2.90. The summed E-state index contributed by atoms with van der Waals surface area (Å²) in [5.41, 5.74) is 2.37. The Morgan fingerprint density at radius 3 is 2.54 bits per heavy atom. The summed E-state index contributed by atoms with van der Waals surface area (Å²) < 4.78 is 0. The van der Waals surface area contributed by atoms with E-state index in [2.05, 4.69) is 9.82 Å². The fourth-order valence-corrected chi connectivity index (χ4v) is 0.680. The maximum atomic E-state index is 11.1. The van der Waals surface area contributed by atoms with Crippen molar-refractivity contribution < 1.29 is 14.4 Å². The van der Waals surface area contributed by atoms with E-state index in [1.165, 1.54) is 31.5 Å². The maximum absolute atomic E-state index is 11.1. The number of rotatable bonds is 1. The fraction of sp³-hybridized carbons (Fsp3) is 0.125. The Labute approximate surface area is 74.7 Å². The summed E-state index contributed by atoms with van der Waals surface area (Å²) in [7, 11) is 0. The van der Waals surface area contributed by atoms with Crippen molar-refractivity contribution in [1.29, 1.82) is 0 Å². The lowest BCUT2D eigenvalue weighted by molar-refractivity contribution is -0.146. The molecule has 5 nitrogen and oxygen atoms in total. The van der Waals surface area contributed by atoms with E-state index in [9.17, 15) is 9.59 Å². The van der Waals surface area contributed by atoms with Gasteiger partial charge in [0.2, 0.25) is 0 Å². The summed E-state index contributed by atoms with van der Waals surface area (Å²) >= 11 is 0. The van der Waals surface area contributed by atoms with Crippen molar-refractivity contribution in [2.75, 3.05) is 0 Å². The Kier molecular flexibility index (Phi) is 2.97. The zero-order valence-corrected chi connectivity index (χ0v) is 6.98. The van der Waals surface area contributed by atoms with Crippen molar-refractivity contribution in [1.82, 2.24) is 10.5 Å². The number of nitrogens with zero attached hydrogens (tertiary/aromatic N) is 1. The highest BCUT2D eigenvalue weighted by atomic mass is 16.7. The first-order chi connectivity index (χ1) is 6.20. The van der Waals surface area contributed by atoms with Crippen LogP contribution in [-0.2, 0) is 9.63 Å². The predicted molar refractivity (Wildman–Crippen MR) is 43.5 cm³/mol. The molecule has 1 aromatic rings. The highest BCUT2D eigenvalue weighted by molar-refractivity contribution is 5.93. The standard InChI is InChI=1S/C8H8N2O3/c1-6(11)13-10-8(12)7-2-4-9-5-3-7/h2-5H,1H3,(H,10,12). The molecule has 0 aliphatic rings. The van der Waals surface area contributed by atoms with Crippen molar-refractivity contribution in [2.45, 2.75) is 6.92 Å². The average Bonchev–Trinajstić information content (AvgIpc) is 2.15. The third-order valence-corrected chi connectivity index (χ3v) is 1.23. The highest BCUT2D eigenvalue weighted by Crippen LogP contribution is 1.94. The van der Waals surface area contributed by atoms with Crippen molar-refractivity contribution >= 4 is 11.9 Å². The summed E-state index contributed by atoms with van der Waals surface area (Å²) in [6.45, 7) is 1.20. The van der Waals surface area contributed by atoms with E-state index < -0.39 is 11.9 Å². The highest BCUT2D eigenvalue weighted by Gasteiger charge is 2.04. The molecule has 5 heteroatoms. The number of carbonyl (C=O) groups excluding carboxylic acids is 2. The van der Waals surface area contributed by atoms with Crippen molar-refractivity contribution in [3.63, 3.8) is 0 Å². The molecule has 1 aromatic heterocycles. The molecular weight excluding hydrogens is 172 g/mol. The molecule has 1 amide bonds. The minimum atomic E-state index is -0.567. The molecule has 0 saturated carbocycles. The van der Waals surface area contributed by atoms with Crippen LogP contribution in [0.1, 0.15) is 17.3 Å². The van der Waals surface area contributed by atoms with Crippen LogP contribution in [-0.4, -0.2) is 16.9 Å². The van der Waals surface area contributed by atoms with Crippen LogP contribution in [0.2, 0.25) is 0 Å². The molecule has 0 saturated heterocycles. The number of hydrogen-bond acceptors (Lipinski definition) is 4. The number of aromatic nitrogens is 1. The second-order valence-corrected chi connectivity index (χ2v) is 2.26. The second kappa shape index (κ2) is 4.20. The van der Waals surface area contributed by atoms with E-state index in [4.69, 9.17) is 0 Å². The molecule has 0 spiro atoms. The third-order valence-electron chi connectivity index (χ3n) is 1.23. The molecular formula is C8H8N2O3. The van der Waals surface area contributed by atoms with Gasteiger partial charge >= 0.3 is 5.97 Å². The van der Waals surface area contributed by atoms with Crippen LogP contribution < -0.4 is 5.48 Å². The molecule has 0 aliphatic heterocycles. The summed E-state index contributed by atoms with van der Waals surface area (Å²) in [4.78, 5) is 29.5. The second-order valence-electron chi connectivity index (χ2n) is 2.26. The van der Waals surface area contributed by atoms with Gasteiger partial charge in [-0.1, -0.05) is 0 Å². The van der Waals surface area contributed by atoms with Gasteiger partial charge in [-0.3, -0.25) is 14.6 Å². The number of hydrogen-bond donors (Lipinski definition) is 1. The monoisotopic (exact) mass is 180 g/mol. The van der Waals surface area contributed by atoms with Gasteiger partial charge in [0.1, 0.15) is 0 Å². The van der Waals surface area contributed by atoms with Gasteiger partial charge in [0.05, 0.1) is 0 Å². The first-order valence-corrected chi connectivity index (χ1v) is 3.58. The van der Waals surface area contributed by atoms with Crippen LogP contribution in [0.15, 0.2) is 24.5 Å². The Morgan fingerprint density at radius 1 is 1.38 bits per heavy atom. The van der Waals surface area contributed by atoms with Gasteiger partial charge in [0.15, 0.2) is 0 Å². The van der Waals surface area contributed by atoms with E-state index in [0.717, 1.165) is 0 Å². The Hall–Kier alpha value is -1.91. The molecule has 0 radical (unpaired) electrons. The van der Waals surface area contributed by atoms with E-state index in [-0.39, 0.29) is 0 Å². The van der Waals surface area contributed by atoms with Crippen LogP contribution in [0, 0.1) is 0 Å². The normalized spacial score (nSPS) is 9.00. The topological polar surface area (TPSA) is 68.3 Å². The Bertz CT molecular complexity index is 310. The van der Waals surface area contributed by atoms with Crippen LogP contribution in [0.5, 0.6) is 0 Å².